The average molecular weight is 408 g/mol. The summed E-state index contributed by atoms with van der Waals surface area (Å²) in [6.07, 6.45) is 2.85. The summed E-state index contributed by atoms with van der Waals surface area (Å²) in [6, 6.07) is 6.87. The molecule has 162 valence electrons. The van der Waals surface area contributed by atoms with Crippen molar-refractivity contribution < 1.29 is 13.9 Å². The summed E-state index contributed by atoms with van der Waals surface area (Å²) < 4.78 is 19.0. The molecule has 1 saturated heterocycles. The van der Waals surface area contributed by atoms with Gasteiger partial charge >= 0.3 is 0 Å². The van der Waals surface area contributed by atoms with E-state index in [2.05, 4.69) is 20.5 Å². The van der Waals surface area contributed by atoms with Gasteiger partial charge in [0.1, 0.15) is 12.4 Å². The molecule has 1 aliphatic rings. The van der Waals surface area contributed by atoms with E-state index in [-0.39, 0.29) is 24.3 Å². The summed E-state index contributed by atoms with van der Waals surface area (Å²) in [6.45, 7) is 5.82. The number of nitrogens with one attached hydrogen (secondary N) is 2. The first kappa shape index (κ1) is 22.9. The highest BCUT2D eigenvalue weighted by Crippen LogP contribution is 2.20. The van der Waals surface area contributed by atoms with E-state index in [4.69, 9.17) is 4.74 Å². The Bertz CT molecular complexity index is 668. The molecule has 0 aliphatic carbocycles. The van der Waals surface area contributed by atoms with Gasteiger partial charge in [-0.05, 0) is 44.4 Å². The number of halogens is 1. The number of anilines is 1. The van der Waals surface area contributed by atoms with Crippen molar-refractivity contribution in [3.63, 3.8) is 0 Å². The Hall–Kier alpha value is -2.35. The van der Waals surface area contributed by atoms with Gasteiger partial charge in [-0.1, -0.05) is 6.07 Å². The second-order valence-corrected chi connectivity index (χ2v) is 7.34. The molecule has 0 bridgehead atoms. The highest BCUT2D eigenvalue weighted by Gasteiger charge is 2.21. The summed E-state index contributed by atoms with van der Waals surface area (Å²) in [4.78, 5) is 20.1. The summed E-state index contributed by atoms with van der Waals surface area (Å²) >= 11 is 0. The SMILES string of the molecule is CCOCCCNC(=NCC(=O)N(C)C)NC1CCCN(c2cccc(F)c2)C1. The van der Waals surface area contributed by atoms with E-state index in [1.165, 1.54) is 11.0 Å². The highest BCUT2D eigenvalue weighted by molar-refractivity contribution is 5.85. The molecule has 2 N–H and O–H groups in total. The minimum Gasteiger partial charge on any atom is -0.382 e. The van der Waals surface area contributed by atoms with Crippen molar-refractivity contribution in [1.29, 1.82) is 0 Å². The number of piperidine rings is 1. The van der Waals surface area contributed by atoms with Gasteiger partial charge in [-0.2, -0.15) is 0 Å². The summed E-state index contributed by atoms with van der Waals surface area (Å²) in [5, 5.41) is 6.74. The van der Waals surface area contributed by atoms with E-state index in [1.54, 1.807) is 26.2 Å². The van der Waals surface area contributed by atoms with Gasteiger partial charge < -0.3 is 25.2 Å². The van der Waals surface area contributed by atoms with Crippen LogP contribution in [0.2, 0.25) is 0 Å². The Morgan fingerprint density at radius 2 is 2.24 bits per heavy atom. The first-order chi connectivity index (χ1) is 14.0. The Kier molecular flexibility index (Phi) is 9.70. The van der Waals surface area contributed by atoms with E-state index in [1.807, 2.05) is 13.0 Å². The number of guanidine groups is 1. The van der Waals surface area contributed by atoms with Crippen LogP contribution in [0.5, 0.6) is 0 Å². The number of likely N-dealkylation sites (N-methyl/N-ethyl adjacent to an activating group) is 1. The second-order valence-electron chi connectivity index (χ2n) is 7.34. The lowest BCUT2D eigenvalue weighted by atomic mass is 10.0. The molecule has 0 saturated carbocycles. The Labute approximate surface area is 173 Å². The fourth-order valence-corrected chi connectivity index (χ4v) is 3.16. The van der Waals surface area contributed by atoms with Gasteiger partial charge in [-0.25, -0.2) is 9.38 Å². The average Bonchev–Trinajstić information content (AvgIpc) is 2.71. The molecule has 1 aromatic rings. The number of carbonyl (C=O) groups is 1. The van der Waals surface area contributed by atoms with Crippen LogP contribution in [0.15, 0.2) is 29.3 Å². The smallest absolute Gasteiger partial charge is 0.243 e. The second kappa shape index (κ2) is 12.3. The standard InChI is InChI=1S/C21H34FN5O2/c1-4-29-13-7-11-23-21(24-15-20(28)26(2)3)25-18-9-6-12-27(16-18)19-10-5-8-17(22)14-19/h5,8,10,14,18H,4,6-7,9,11-13,15-16H2,1-3H3,(H2,23,24,25). The number of benzene rings is 1. The zero-order valence-corrected chi connectivity index (χ0v) is 17.8. The van der Waals surface area contributed by atoms with E-state index < -0.39 is 0 Å². The third-order valence-corrected chi connectivity index (χ3v) is 4.77. The molecule has 1 heterocycles. The molecule has 1 aliphatic heterocycles. The molecular weight excluding hydrogens is 373 g/mol. The summed E-state index contributed by atoms with van der Waals surface area (Å²) in [5.41, 5.74) is 0.891. The van der Waals surface area contributed by atoms with Crippen molar-refractivity contribution in [2.75, 3.05) is 58.4 Å². The summed E-state index contributed by atoms with van der Waals surface area (Å²) in [5.74, 6) is 0.353. The third kappa shape index (κ3) is 8.27. The first-order valence-corrected chi connectivity index (χ1v) is 10.3. The molecule has 8 heteroatoms. The van der Waals surface area contributed by atoms with Gasteiger partial charge in [0.2, 0.25) is 5.91 Å². The molecule has 1 unspecified atom stereocenters. The fraction of sp³-hybridized carbons (Fsp3) is 0.619. The van der Waals surface area contributed by atoms with Crippen molar-refractivity contribution in [2.24, 2.45) is 4.99 Å². The van der Waals surface area contributed by atoms with Crippen molar-refractivity contribution >= 4 is 17.6 Å². The molecule has 0 aromatic heterocycles. The van der Waals surface area contributed by atoms with Crippen molar-refractivity contribution in [2.45, 2.75) is 32.2 Å². The van der Waals surface area contributed by atoms with Gasteiger partial charge in [0, 0.05) is 58.7 Å². The Morgan fingerprint density at radius 3 is 2.97 bits per heavy atom. The van der Waals surface area contributed by atoms with Crippen LogP contribution < -0.4 is 15.5 Å². The lowest BCUT2D eigenvalue weighted by Gasteiger charge is -2.35. The minimum atomic E-state index is -0.224. The van der Waals surface area contributed by atoms with E-state index >= 15 is 0 Å². The van der Waals surface area contributed by atoms with Gasteiger partial charge in [0.15, 0.2) is 5.96 Å². The number of carbonyl (C=O) groups excluding carboxylic acids is 1. The third-order valence-electron chi connectivity index (χ3n) is 4.77. The predicted octanol–water partition coefficient (Wildman–Crippen LogP) is 1.84. The van der Waals surface area contributed by atoms with Crippen LogP contribution in [-0.4, -0.2) is 76.3 Å². The van der Waals surface area contributed by atoms with Crippen LogP contribution in [0.25, 0.3) is 0 Å². The van der Waals surface area contributed by atoms with E-state index in [9.17, 15) is 9.18 Å². The summed E-state index contributed by atoms with van der Waals surface area (Å²) in [7, 11) is 3.44. The molecule has 29 heavy (non-hydrogen) atoms. The number of hydrogen-bond donors (Lipinski definition) is 2. The maximum absolute atomic E-state index is 13.6. The van der Waals surface area contributed by atoms with Crippen LogP contribution in [-0.2, 0) is 9.53 Å². The molecule has 2 rings (SSSR count). The molecule has 1 amide bonds. The van der Waals surface area contributed by atoms with Gasteiger partial charge in [0.05, 0.1) is 0 Å². The maximum Gasteiger partial charge on any atom is 0.243 e. The van der Waals surface area contributed by atoms with Gasteiger partial charge in [0.25, 0.3) is 0 Å². The van der Waals surface area contributed by atoms with Gasteiger partial charge in [-0.3, -0.25) is 4.79 Å². The Morgan fingerprint density at radius 1 is 1.41 bits per heavy atom. The van der Waals surface area contributed by atoms with Crippen molar-refractivity contribution in [3.8, 4) is 0 Å². The maximum atomic E-state index is 13.6. The molecule has 1 fully saturated rings. The molecule has 1 atom stereocenters. The van der Waals surface area contributed by atoms with Gasteiger partial charge in [-0.15, -0.1) is 0 Å². The molecule has 0 radical (unpaired) electrons. The lowest BCUT2D eigenvalue weighted by molar-refractivity contribution is -0.127. The molecule has 0 spiro atoms. The number of aliphatic imine (C=N–C) groups is 1. The molecule has 1 aromatic carbocycles. The number of amides is 1. The minimum absolute atomic E-state index is 0.0505. The monoisotopic (exact) mass is 407 g/mol. The van der Waals surface area contributed by atoms with Crippen LogP contribution in [0.3, 0.4) is 0 Å². The molecule has 7 nitrogen and oxygen atoms in total. The number of ether oxygens (including phenoxy) is 1. The van der Waals surface area contributed by atoms with E-state index in [0.29, 0.717) is 25.7 Å². The zero-order valence-electron chi connectivity index (χ0n) is 17.8. The first-order valence-electron chi connectivity index (χ1n) is 10.3. The topological polar surface area (TPSA) is 69.2 Å². The zero-order chi connectivity index (χ0) is 21.1. The number of hydrogen-bond acceptors (Lipinski definition) is 4. The molecular formula is C21H34FN5O2. The quantitative estimate of drug-likeness (QED) is 0.371. The predicted molar refractivity (Wildman–Crippen MR) is 115 cm³/mol. The van der Waals surface area contributed by atoms with Crippen LogP contribution >= 0.6 is 0 Å². The van der Waals surface area contributed by atoms with E-state index in [0.717, 1.165) is 38.0 Å². The number of nitrogens with zero attached hydrogens (tertiary/aromatic N) is 3. The lowest BCUT2D eigenvalue weighted by Crippen LogP contribution is -2.51. The van der Waals surface area contributed by atoms with Crippen molar-refractivity contribution in [1.82, 2.24) is 15.5 Å². The largest absolute Gasteiger partial charge is 0.382 e. The fourth-order valence-electron chi connectivity index (χ4n) is 3.16. The van der Waals surface area contributed by atoms with Crippen LogP contribution in [0.1, 0.15) is 26.2 Å². The van der Waals surface area contributed by atoms with Crippen LogP contribution in [0.4, 0.5) is 10.1 Å². The number of rotatable bonds is 9. The van der Waals surface area contributed by atoms with Crippen LogP contribution in [0, 0.1) is 5.82 Å². The highest BCUT2D eigenvalue weighted by atomic mass is 19.1. The Balaban J connectivity index is 1.96. The normalized spacial score (nSPS) is 17.2. The van der Waals surface area contributed by atoms with Crippen molar-refractivity contribution in [3.05, 3.63) is 30.1 Å².